The van der Waals surface area contributed by atoms with E-state index in [0.717, 1.165) is 11.3 Å². The highest BCUT2D eigenvalue weighted by Gasteiger charge is 2.30. The summed E-state index contributed by atoms with van der Waals surface area (Å²) in [7, 11) is 0. The van der Waals surface area contributed by atoms with Gasteiger partial charge in [-0.15, -0.1) is 18.3 Å². The van der Waals surface area contributed by atoms with Gasteiger partial charge in [-0.05, 0) is 55.0 Å². The quantitative estimate of drug-likeness (QED) is 0.152. The van der Waals surface area contributed by atoms with Crippen LogP contribution < -0.4 is 20.9 Å². The summed E-state index contributed by atoms with van der Waals surface area (Å²) in [6.45, 7) is 2.09. The van der Waals surface area contributed by atoms with Gasteiger partial charge >= 0.3 is 6.36 Å². The first-order valence-corrected chi connectivity index (χ1v) is 9.62. The first-order valence-electron chi connectivity index (χ1n) is 9.22. The normalized spacial score (nSPS) is 11.4. The van der Waals surface area contributed by atoms with Crippen molar-refractivity contribution in [1.29, 1.82) is 0 Å². The molecule has 0 bridgehead atoms. The number of ether oxygens (including phenoxy) is 2. The molecule has 0 atom stereocenters. The van der Waals surface area contributed by atoms with Gasteiger partial charge in [0, 0.05) is 11.8 Å². The Bertz CT molecular complexity index is 1070. The van der Waals surface area contributed by atoms with E-state index < -0.39 is 6.36 Å². The zero-order chi connectivity index (χ0) is 23.0. The van der Waals surface area contributed by atoms with E-state index in [2.05, 4.69) is 31.0 Å². The number of nitrogens with zero attached hydrogens (tertiary/aromatic N) is 3. The molecule has 0 saturated heterocycles. The number of para-hydroxylation sites is 1. The lowest BCUT2D eigenvalue weighted by Crippen LogP contribution is -2.41. The SMILES string of the molecule is Cc1ccccc1NC(=S)NNCO/C=C/c1ncn(-c2ccc(OC(F)(F)F)cc2)n1. The van der Waals surface area contributed by atoms with Gasteiger partial charge in [0.1, 0.15) is 12.1 Å². The Morgan fingerprint density at radius 2 is 1.91 bits per heavy atom. The van der Waals surface area contributed by atoms with Crippen molar-refractivity contribution >= 4 is 29.1 Å². The van der Waals surface area contributed by atoms with Crippen LogP contribution >= 0.6 is 12.2 Å². The van der Waals surface area contributed by atoms with Crippen LogP contribution in [-0.4, -0.2) is 33.0 Å². The average Bonchev–Trinajstić information content (AvgIpc) is 3.20. The minimum atomic E-state index is -4.74. The van der Waals surface area contributed by atoms with Crippen molar-refractivity contribution in [2.75, 3.05) is 12.0 Å². The van der Waals surface area contributed by atoms with Crippen LogP contribution in [0.15, 0.2) is 61.1 Å². The fourth-order valence-electron chi connectivity index (χ4n) is 2.46. The summed E-state index contributed by atoms with van der Waals surface area (Å²) in [6.07, 6.45) is -0.385. The molecule has 12 heteroatoms. The molecular formula is C20H19F3N6O2S. The number of rotatable bonds is 8. The van der Waals surface area contributed by atoms with Gasteiger partial charge in [-0.2, -0.15) is 5.43 Å². The monoisotopic (exact) mass is 464 g/mol. The molecule has 8 nitrogen and oxygen atoms in total. The van der Waals surface area contributed by atoms with Crippen molar-refractivity contribution in [2.45, 2.75) is 13.3 Å². The van der Waals surface area contributed by atoms with E-state index in [1.165, 1.54) is 47.6 Å². The summed E-state index contributed by atoms with van der Waals surface area (Å²) in [5.74, 6) is 0.0369. The van der Waals surface area contributed by atoms with Crippen molar-refractivity contribution in [3.8, 4) is 11.4 Å². The molecule has 0 aliphatic heterocycles. The lowest BCUT2D eigenvalue weighted by atomic mass is 10.2. The fourth-order valence-corrected chi connectivity index (χ4v) is 2.64. The number of hydrazine groups is 1. The molecule has 1 aromatic heterocycles. The summed E-state index contributed by atoms with van der Waals surface area (Å²) in [4.78, 5) is 4.08. The zero-order valence-corrected chi connectivity index (χ0v) is 17.6. The number of anilines is 1. The Morgan fingerprint density at radius 1 is 1.16 bits per heavy atom. The highest BCUT2D eigenvalue weighted by atomic mass is 32.1. The second-order valence-corrected chi connectivity index (χ2v) is 6.68. The Labute approximate surface area is 187 Å². The van der Waals surface area contributed by atoms with Crippen molar-refractivity contribution in [3.05, 3.63) is 72.5 Å². The van der Waals surface area contributed by atoms with E-state index in [0.29, 0.717) is 16.6 Å². The molecule has 0 spiro atoms. The molecule has 1 heterocycles. The first kappa shape index (κ1) is 23.0. The maximum Gasteiger partial charge on any atom is 0.573 e. The molecule has 0 fully saturated rings. The highest BCUT2D eigenvalue weighted by Crippen LogP contribution is 2.23. The number of alkyl halides is 3. The molecule has 0 aliphatic rings. The van der Waals surface area contributed by atoms with Crippen LogP contribution in [0.3, 0.4) is 0 Å². The predicted octanol–water partition coefficient (Wildman–Crippen LogP) is 3.91. The summed E-state index contributed by atoms with van der Waals surface area (Å²) < 4.78 is 47.2. The smallest absolute Gasteiger partial charge is 0.484 e. The standard InChI is InChI=1S/C20H19F3N6O2S/c1-14-4-2-3-5-17(14)26-19(32)27-25-13-30-11-10-18-24-12-29(28-18)15-6-8-16(9-7-15)31-20(21,22)23/h2-12,25H,13H2,1H3,(H2,26,27,32)/b11-10+. The average molecular weight is 464 g/mol. The van der Waals surface area contributed by atoms with Crippen molar-refractivity contribution in [1.82, 2.24) is 25.6 Å². The Balaban J connectivity index is 1.40. The molecule has 3 N–H and O–H groups in total. The van der Waals surface area contributed by atoms with Crippen LogP contribution in [0.4, 0.5) is 18.9 Å². The Morgan fingerprint density at radius 3 is 2.62 bits per heavy atom. The van der Waals surface area contributed by atoms with Gasteiger partial charge < -0.3 is 14.8 Å². The molecule has 0 amide bonds. The topological polar surface area (TPSA) is 85.3 Å². The molecule has 3 aromatic rings. The zero-order valence-electron chi connectivity index (χ0n) is 16.8. The maximum absolute atomic E-state index is 12.2. The highest BCUT2D eigenvalue weighted by molar-refractivity contribution is 7.80. The first-order chi connectivity index (χ1) is 15.3. The molecule has 168 valence electrons. The number of aryl methyl sites for hydroxylation is 1. The lowest BCUT2D eigenvalue weighted by molar-refractivity contribution is -0.274. The number of nitrogens with one attached hydrogen (secondary N) is 3. The third kappa shape index (κ3) is 7.25. The van der Waals surface area contributed by atoms with Gasteiger partial charge in [-0.1, -0.05) is 18.2 Å². The third-order valence-corrected chi connectivity index (χ3v) is 4.11. The van der Waals surface area contributed by atoms with Crippen LogP contribution in [-0.2, 0) is 4.74 Å². The van der Waals surface area contributed by atoms with Crippen LogP contribution in [0.1, 0.15) is 11.4 Å². The van der Waals surface area contributed by atoms with E-state index in [1.807, 2.05) is 31.2 Å². The minimum Gasteiger partial charge on any atom is -0.484 e. The van der Waals surface area contributed by atoms with Crippen LogP contribution in [0.25, 0.3) is 11.8 Å². The van der Waals surface area contributed by atoms with Gasteiger partial charge in [0.25, 0.3) is 0 Å². The molecule has 3 rings (SSSR count). The van der Waals surface area contributed by atoms with Crippen LogP contribution in [0.2, 0.25) is 0 Å². The molecule has 2 aromatic carbocycles. The van der Waals surface area contributed by atoms with E-state index in [4.69, 9.17) is 17.0 Å². The minimum absolute atomic E-state index is 0.119. The number of benzene rings is 2. The predicted molar refractivity (Wildman–Crippen MR) is 117 cm³/mol. The van der Waals surface area contributed by atoms with Gasteiger partial charge in [0.05, 0.1) is 11.9 Å². The van der Waals surface area contributed by atoms with E-state index >= 15 is 0 Å². The van der Waals surface area contributed by atoms with Crippen molar-refractivity contribution in [2.24, 2.45) is 0 Å². The summed E-state index contributed by atoms with van der Waals surface area (Å²) in [6, 6.07) is 13.0. The van der Waals surface area contributed by atoms with E-state index in [1.54, 1.807) is 0 Å². The Kier molecular flexibility index (Phi) is 7.63. The maximum atomic E-state index is 12.2. The number of aromatic nitrogens is 3. The summed E-state index contributed by atoms with van der Waals surface area (Å²) >= 11 is 5.19. The number of hydrogen-bond acceptors (Lipinski definition) is 6. The molecule has 0 saturated carbocycles. The van der Waals surface area contributed by atoms with Crippen molar-refractivity contribution < 1.29 is 22.6 Å². The number of thiocarbonyl (C=S) groups is 1. The number of halogens is 3. The fraction of sp³-hybridized carbons (Fsp3) is 0.150. The van der Waals surface area contributed by atoms with Gasteiger partial charge in [-0.25, -0.2) is 9.67 Å². The molecule has 0 aliphatic carbocycles. The van der Waals surface area contributed by atoms with Crippen molar-refractivity contribution in [3.63, 3.8) is 0 Å². The summed E-state index contributed by atoms with van der Waals surface area (Å²) in [5, 5.41) is 7.64. The Hall–Kier alpha value is -3.64. The molecule has 32 heavy (non-hydrogen) atoms. The summed E-state index contributed by atoms with van der Waals surface area (Å²) in [5.41, 5.74) is 8.08. The number of hydrogen-bond donors (Lipinski definition) is 3. The second-order valence-electron chi connectivity index (χ2n) is 6.27. The lowest BCUT2D eigenvalue weighted by Gasteiger charge is -2.12. The van der Waals surface area contributed by atoms with Gasteiger partial charge in [-0.3, -0.25) is 5.43 Å². The molecule has 0 radical (unpaired) electrons. The largest absolute Gasteiger partial charge is 0.573 e. The second kappa shape index (κ2) is 10.6. The molecular weight excluding hydrogens is 445 g/mol. The van der Waals surface area contributed by atoms with Gasteiger partial charge in [0.2, 0.25) is 0 Å². The van der Waals surface area contributed by atoms with E-state index in [-0.39, 0.29) is 12.5 Å². The van der Waals surface area contributed by atoms with Gasteiger partial charge in [0.15, 0.2) is 17.7 Å². The molecule has 0 unspecified atom stereocenters. The van der Waals surface area contributed by atoms with Crippen LogP contribution in [0.5, 0.6) is 5.75 Å². The van der Waals surface area contributed by atoms with Crippen LogP contribution in [0, 0.1) is 6.92 Å². The third-order valence-electron chi connectivity index (χ3n) is 3.91. The van der Waals surface area contributed by atoms with E-state index in [9.17, 15) is 13.2 Å².